The molecule has 0 aromatic heterocycles. The van der Waals surface area contributed by atoms with Crippen LogP contribution in [0.1, 0.15) is 56.7 Å². The van der Waals surface area contributed by atoms with Crippen LogP contribution in [-0.4, -0.2) is 33.7 Å². The van der Waals surface area contributed by atoms with E-state index in [1.807, 2.05) is 25.1 Å². The smallest absolute Gasteiger partial charge is 0.122 e. The van der Waals surface area contributed by atoms with Crippen molar-refractivity contribution in [3.05, 3.63) is 59.2 Å². The standard InChI is InChI=1S/C22H31NO2/c1-15(2)23(16(3)4)12-11-20(18-9-7-6-8-10-18)21-14-19(24)13-17(5)22(21)25/h6-10,13-16,20,24-25H,11-12H2,1-5H3. The fraction of sp³-hybridized carbons (Fsp3) is 0.455. The van der Waals surface area contributed by atoms with E-state index in [2.05, 4.69) is 44.7 Å². The Kier molecular flexibility index (Phi) is 6.49. The lowest BCUT2D eigenvalue weighted by Gasteiger charge is -2.32. The zero-order valence-electron chi connectivity index (χ0n) is 16.0. The topological polar surface area (TPSA) is 43.7 Å². The summed E-state index contributed by atoms with van der Waals surface area (Å²) in [6.07, 6.45) is 0.886. The second-order valence-electron chi connectivity index (χ2n) is 7.38. The Labute approximate surface area is 151 Å². The number of rotatable bonds is 7. The van der Waals surface area contributed by atoms with E-state index in [1.54, 1.807) is 12.1 Å². The molecule has 0 aliphatic heterocycles. The van der Waals surface area contributed by atoms with E-state index in [4.69, 9.17) is 0 Å². The minimum Gasteiger partial charge on any atom is -0.508 e. The average molecular weight is 341 g/mol. The normalized spacial score (nSPS) is 13.0. The lowest BCUT2D eigenvalue weighted by Crippen LogP contribution is -2.38. The van der Waals surface area contributed by atoms with Crippen LogP contribution in [0.3, 0.4) is 0 Å². The van der Waals surface area contributed by atoms with E-state index in [9.17, 15) is 10.2 Å². The van der Waals surface area contributed by atoms with Crippen LogP contribution in [0.2, 0.25) is 0 Å². The third-order valence-electron chi connectivity index (χ3n) is 4.89. The Hall–Kier alpha value is -2.00. The second kappa shape index (κ2) is 8.39. The van der Waals surface area contributed by atoms with Crippen LogP contribution in [0, 0.1) is 6.92 Å². The molecule has 0 radical (unpaired) electrons. The van der Waals surface area contributed by atoms with Crippen molar-refractivity contribution in [3.63, 3.8) is 0 Å². The maximum atomic E-state index is 10.6. The van der Waals surface area contributed by atoms with Crippen molar-refractivity contribution in [1.82, 2.24) is 4.90 Å². The Bertz CT molecular complexity index is 672. The number of hydrogen-bond acceptors (Lipinski definition) is 3. The molecule has 3 heteroatoms. The zero-order chi connectivity index (χ0) is 18.6. The summed E-state index contributed by atoms with van der Waals surface area (Å²) in [4.78, 5) is 2.46. The summed E-state index contributed by atoms with van der Waals surface area (Å²) in [7, 11) is 0. The van der Waals surface area contributed by atoms with Crippen LogP contribution < -0.4 is 0 Å². The number of phenols is 2. The molecular weight excluding hydrogens is 310 g/mol. The average Bonchev–Trinajstić information content (AvgIpc) is 2.55. The van der Waals surface area contributed by atoms with Gasteiger partial charge in [-0.2, -0.15) is 0 Å². The van der Waals surface area contributed by atoms with Crippen LogP contribution >= 0.6 is 0 Å². The lowest BCUT2D eigenvalue weighted by atomic mass is 9.86. The highest BCUT2D eigenvalue weighted by Gasteiger charge is 2.22. The molecule has 136 valence electrons. The Morgan fingerprint density at radius 2 is 1.52 bits per heavy atom. The highest BCUT2D eigenvalue weighted by atomic mass is 16.3. The number of hydrogen-bond donors (Lipinski definition) is 2. The molecule has 0 saturated carbocycles. The molecule has 2 N–H and O–H groups in total. The molecule has 0 fully saturated rings. The number of phenolic OH excluding ortho intramolecular Hbond substituents is 2. The van der Waals surface area contributed by atoms with E-state index >= 15 is 0 Å². The SMILES string of the molecule is Cc1cc(O)cc(C(CCN(C(C)C)C(C)C)c2ccccc2)c1O. The molecule has 0 aliphatic carbocycles. The monoisotopic (exact) mass is 341 g/mol. The van der Waals surface area contributed by atoms with Crippen LogP contribution in [-0.2, 0) is 0 Å². The van der Waals surface area contributed by atoms with Crippen molar-refractivity contribution in [2.45, 2.75) is 59.0 Å². The first-order chi connectivity index (χ1) is 11.8. The third kappa shape index (κ3) is 4.76. The molecule has 0 bridgehead atoms. The van der Waals surface area contributed by atoms with Crippen LogP contribution in [0.25, 0.3) is 0 Å². The van der Waals surface area contributed by atoms with E-state index in [0.29, 0.717) is 17.6 Å². The molecule has 0 heterocycles. The molecule has 2 aromatic rings. The first-order valence-electron chi connectivity index (χ1n) is 9.14. The van der Waals surface area contributed by atoms with Gasteiger partial charge in [0.15, 0.2) is 0 Å². The van der Waals surface area contributed by atoms with Gasteiger partial charge in [-0.25, -0.2) is 0 Å². The number of aryl methyl sites for hydroxylation is 1. The molecule has 0 spiro atoms. The molecule has 1 atom stereocenters. The van der Waals surface area contributed by atoms with E-state index < -0.39 is 0 Å². The Morgan fingerprint density at radius 3 is 2.08 bits per heavy atom. The maximum absolute atomic E-state index is 10.6. The van der Waals surface area contributed by atoms with Gasteiger partial charge in [0, 0.05) is 23.6 Å². The fourth-order valence-corrected chi connectivity index (χ4v) is 3.63. The van der Waals surface area contributed by atoms with Gasteiger partial charge in [-0.1, -0.05) is 30.3 Å². The van der Waals surface area contributed by atoms with Gasteiger partial charge in [0.05, 0.1) is 0 Å². The maximum Gasteiger partial charge on any atom is 0.122 e. The number of nitrogens with zero attached hydrogens (tertiary/aromatic N) is 1. The summed E-state index contributed by atoms with van der Waals surface area (Å²) in [5.41, 5.74) is 2.67. The first-order valence-corrected chi connectivity index (χ1v) is 9.14. The minimum atomic E-state index is 0.0481. The van der Waals surface area contributed by atoms with E-state index in [1.165, 1.54) is 0 Å². The largest absolute Gasteiger partial charge is 0.508 e. The highest BCUT2D eigenvalue weighted by Crippen LogP contribution is 2.38. The van der Waals surface area contributed by atoms with Crippen molar-refractivity contribution < 1.29 is 10.2 Å². The Balaban J connectivity index is 2.39. The van der Waals surface area contributed by atoms with Gasteiger partial charge in [0.2, 0.25) is 0 Å². The summed E-state index contributed by atoms with van der Waals surface area (Å²) < 4.78 is 0. The zero-order valence-corrected chi connectivity index (χ0v) is 16.0. The predicted molar refractivity (Wildman–Crippen MR) is 104 cm³/mol. The molecule has 25 heavy (non-hydrogen) atoms. The van der Waals surface area contributed by atoms with Gasteiger partial charge < -0.3 is 10.2 Å². The summed E-state index contributed by atoms with van der Waals surface area (Å²) in [6, 6.07) is 14.5. The molecule has 0 amide bonds. The molecular formula is C22H31NO2. The number of benzene rings is 2. The van der Waals surface area contributed by atoms with Crippen LogP contribution in [0.15, 0.2) is 42.5 Å². The van der Waals surface area contributed by atoms with Gasteiger partial charge >= 0.3 is 0 Å². The van der Waals surface area contributed by atoms with Crippen molar-refractivity contribution in [2.75, 3.05) is 6.54 Å². The highest BCUT2D eigenvalue weighted by molar-refractivity contribution is 5.49. The molecule has 2 aromatic carbocycles. The number of aromatic hydroxyl groups is 2. The van der Waals surface area contributed by atoms with Crippen LogP contribution in [0.4, 0.5) is 0 Å². The lowest BCUT2D eigenvalue weighted by molar-refractivity contribution is 0.170. The van der Waals surface area contributed by atoms with Gasteiger partial charge in [-0.15, -0.1) is 0 Å². The third-order valence-corrected chi connectivity index (χ3v) is 4.89. The summed E-state index contributed by atoms with van der Waals surface area (Å²) in [5, 5.41) is 20.7. The summed E-state index contributed by atoms with van der Waals surface area (Å²) >= 11 is 0. The fourth-order valence-electron chi connectivity index (χ4n) is 3.63. The predicted octanol–water partition coefficient (Wildman–Crippen LogP) is 5.05. The van der Waals surface area contributed by atoms with Gasteiger partial charge in [0.25, 0.3) is 0 Å². The Morgan fingerprint density at radius 1 is 0.920 bits per heavy atom. The van der Waals surface area contributed by atoms with Crippen molar-refractivity contribution >= 4 is 0 Å². The molecule has 2 rings (SSSR count). The summed E-state index contributed by atoms with van der Waals surface area (Å²) in [5.74, 6) is 0.537. The van der Waals surface area contributed by atoms with E-state index in [-0.39, 0.29) is 17.4 Å². The van der Waals surface area contributed by atoms with Crippen molar-refractivity contribution in [1.29, 1.82) is 0 Å². The summed E-state index contributed by atoms with van der Waals surface area (Å²) in [6.45, 7) is 11.6. The van der Waals surface area contributed by atoms with Gasteiger partial charge in [-0.05, 0) is 70.8 Å². The second-order valence-corrected chi connectivity index (χ2v) is 7.38. The van der Waals surface area contributed by atoms with Crippen molar-refractivity contribution in [3.8, 4) is 11.5 Å². The quantitative estimate of drug-likeness (QED) is 0.693. The first kappa shape index (κ1) is 19.3. The van der Waals surface area contributed by atoms with Crippen molar-refractivity contribution in [2.24, 2.45) is 0 Å². The van der Waals surface area contributed by atoms with Gasteiger partial charge in [0.1, 0.15) is 11.5 Å². The van der Waals surface area contributed by atoms with E-state index in [0.717, 1.165) is 24.1 Å². The van der Waals surface area contributed by atoms with Gasteiger partial charge in [-0.3, -0.25) is 4.90 Å². The molecule has 0 saturated heterocycles. The molecule has 0 aliphatic rings. The molecule has 1 unspecified atom stereocenters. The minimum absolute atomic E-state index is 0.0481. The molecule has 3 nitrogen and oxygen atoms in total. The van der Waals surface area contributed by atoms with Crippen LogP contribution in [0.5, 0.6) is 11.5 Å².